The van der Waals surface area contributed by atoms with Gasteiger partial charge in [0.05, 0.1) is 0 Å². The molecule has 1 heterocycles. The lowest BCUT2D eigenvalue weighted by atomic mass is 10.2. The van der Waals surface area contributed by atoms with Crippen LogP contribution in [0.1, 0.15) is 25.0 Å². The summed E-state index contributed by atoms with van der Waals surface area (Å²) in [6.07, 6.45) is 5.15. The van der Waals surface area contributed by atoms with Crippen molar-refractivity contribution in [1.29, 1.82) is 0 Å². The van der Waals surface area contributed by atoms with E-state index in [0.717, 1.165) is 24.6 Å². The predicted octanol–water partition coefficient (Wildman–Crippen LogP) is 2.87. The van der Waals surface area contributed by atoms with E-state index in [9.17, 15) is 8.42 Å². The number of aromatic nitrogens is 1. The Hall–Kier alpha value is -1.05. The van der Waals surface area contributed by atoms with E-state index in [-0.39, 0.29) is 11.8 Å². The Balaban J connectivity index is 1.84. The lowest BCUT2D eigenvalue weighted by molar-refractivity contribution is 0.376. The van der Waals surface area contributed by atoms with Crippen LogP contribution in [0.25, 0.3) is 11.0 Å². The molecule has 0 bridgehead atoms. The number of hydrogen-bond donors (Lipinski definition) is 0. The Morgan fingerprint density at radius 3 is 2.91 bits per heavy atom. The van der Waals surface area contributed by atoms with Crippen molar-refractivity contribution in [3.63, 3.8) is 0 Å². The second-order valence-electron chi connectivity index (χ2n) is 5.67. The Labute approximate surface area is 135 Å². The van der Waals surface area contributed by atoms with Crippen LogP contribution >= 0.6 is 11.8 Å². The molecule has 22 heavy (non-hydrogen) atoms. The average molecular weight is 340 g/mol. The second kappa shape index (κ2) is 6.22. The van der Waals surface area contributed by atoms with Crippen molar-refractivity contribution in [2.24, 2.45) is 0 Å². The van der Waals surface area contributed by atoms with E-state index in [1.165, 1.54) is 0 Å². The fourth-order valence-corrected chi connectivity index (χ4v) is 5.65. The maximum atomic E-state index is 12.7. The molecule has 1 aliphatic rings. The number of thioether (sulfide) groups is 1. The molecule has 1 saturated carbocycles. The highest BCUT2D eigenvalue weighted by atomic mass is 32.2. The van der Waals surface area contributed by atoms with Gasteiger partial charge in [0, 0.05) is 23.7 Å². The molecule has 1 aromatic heterocycles. The van der Waals surface area contributed by atoms with Gasteiger partial charge in [0.2, 0.25) is 10.0 Å². The summed E-state index contributed by atoms with van der Waals surface area (Å²) < 4.78 is 32.2. The first-order chi connectivity index (χ1) is 10.5. The Morgan fingerprint density at radius 1 is 1.36 bits per heavy atom. The molecule has 2 aromatic rings. The summed E-state index contributed by atoms with van der Waals surface area (Å²) in [7, 11) is -1.71. The van der Waals surface area contributed by atoms with Gasteiger partial charge < -0.3 is 4.52 Å². The number of hydrogen-bond acceptors (Lipinski definition) is 5. The lowest BCUT2D eigenvalue weighted by Crippen LogP contribution is -2.41. The molecule has 120 valence electrons. The topological polar surface area (TPSA) is 63.4 Å². The highest BCUT2D eigenvalue weighted by molar-refractivity contribution is 7.99. The van der Waals surface area contributed by atoms with Gasteiger partial charge in [-0.25, -0.2) is 12.7 Å². The third kappa shape index (κ3) is 2.89. The molecule has 0 amide bonds. The van der Waals surface area contributed by atoms with Crippen LogP contribution in [-0.4, -0.2) is 42.5 Å². The van der Waals surface area contributed by atoms with Crippen LogP contribution < -0.4 is 0 Å². The third-order valence-electron chi connectivity index (χ3n) is 4.40. The zero-order chi connectivity index (χ0) is 15.7. The second-order valence-corrected chi connectivity index (χ2v) is 8.78. The molecule has 1 aromatic carbocycles. The molecular weight excluding hydrogens is 320 g/mol. The van der Waals surface area contributed by atoms with Crippen LogP contribution in [0.2, 0.25) is 0 Å². The number of para-hydroxylation sites is 1. The van der Waals surface area contributed by atoms with E-state index in [4.69, 9.17) is 4.52 Å². The van der Waals surface area contributed by atoms with Crippen LogP contribution in [0, 0.1) is 0 Å². The molecular formula is C15H20N2O3S2. The SMILES string of the molecule is CS[C@@H]1CCC[C@H]1N(C)S(=O)(=O)Cc1noc2ccccc12. The molecule has 7 heteroatoms. The molecule has 1 aliphatic carbocycles. The van der Waals surface area contributed by atoms with E-state index in [0.29, 0.717) is 16.5 Å². The summed E-state index contributed by atoms with van der Waals surface area (Å²) in [4.78, 5) is 0. The molecule has 0 unspecified atom stereocenters. The van der Waals surface area contributed by atoms with Crippen molar-refractivity contribution < 1.29 is 12.9 Å². The van der Waals surface area contributed by atoms with Crippen LogP contribution in [0.3, 0.4) is 0 Å². The lowest BCUT2D eigenvalue weighted by Gasteiger charge is -2.27. The molecule has 0 N–H and O–H groups in total. The zero-order valence-corrected chi connectivity index (χ0v) is 14.4. The molecule has 0 radical (unpaired) electrons. The normalized spacial score (nSPS) is 22.7. The maximum absolute atomic E-state index is 12.7. The van der Waals surface area contributed by atoms with E-state index in [1.54, 1.807) is 29.2 Å². The smallest absolute Gasteiger partial charge is 0.220 e. The van der Waals surface area contributed by atoms with Crippen molar-refractivity contribution in [3.05, 3.63) is 30.0 Å². The molecule has 2 atom stereocenters. The number of sulfonamides is 1. The van der Waals surface area contributed by atoms with E-state index < -0.39 is 10.0 Å². The maximum Gasteiger partial charge on any atom is 0.220 e. The first-order valence-corrected chi connectivity index (χ1v) is 10.2. The van der Waals surface area contributed by atoms with Crippen molar-refractivity contribution in [1.82, 2.24) is 9.46 Å². The number of rotatable bonds is 5. The number of fused-ring (bicyclic) bond motifs is 1. The van der Waals surface area contributed by atoms with Crippen molar-refractivity contribution in [3.8, 4) is 0 Å². The predicted molar refractivity (Wildman–Crippen MR) is 89.3 cm³/mol. The van der Waals surface area contributed by atoms with Gasteiger partial charge in [-0.15, -0.1) is 0 Å². The Kier molecular flexibility index (Phi) is 4.47. The summed E-state index contributed by atoms with van der Waals surface area (Å²) in [6, 6.07) is 7.43. The quantitative estimate of drug-likeness (QED) is 0.837. The van der Waals surface area contributed by atoms with Crippen LogP contribution in [0.15, 0.2) is 28.8 Å². The van der Waals surface area contributed by atoms with Crippen molar-refractivity contribution in [2.45, 2.75) is 36.3 Å². The molecule has 0 spiro atoms. The van der Waals surface area contributed by atoms with Gasteiger partial charge in [-0.05, 0) is 31.2 Å². The van der Waals surface area contributed by atoms with E-state index in [1.807, 2.05) is 18.2 Å². The molecule has 5 nitrogen and oxygen atoms in total. The first-order valence-electron chi connectivity index (χ1n) is 7.34. The summed E-state index contributed by atoms with van der Waals surface area (Å²) >= 11 is 1.76. The van der Waals surface area contributed by atoms with Gasteiger partial charge in [-0.2, -0.15) is 11.8 Å². The van der Waals surface area contributed by atoms with Crippen LogP contribution in [0.4, 0.5) is 0 Å². The minimum absolute atomic E-state index is 0.0816. The van der Waals surface area contributed by atoms with Crippen molar-refractivity contribution in [2.75, 3.05) is 13.3 Å². The Bertz CT molecular complexity index is 757. The van der Waals surface area contributed by atoms with E-state index in [2.05, 4.69) is 11.4 Å². The fourth-order valence-electron chi connectivity index (χ4n) is 3.12. The Morgan fingerprint density at radius 2 is 2.14 bits per heavy atom. The van der Waals surface area contributed by atoms with Gasteiger partial charge in [-0.3, -0.25) is 0 Å². The standard InChI is InChI=1S/C15H20N2O3S2/c1-17(13-7-5-9-15(13)21-2)22(18,19)10-12-11-6-3-4-8-14(11)20-16-12/h3-4,6,8,13,15H,5,7,9-10H2,1-2H3/t13-,15-/m1/s1. The van der Waals surface area contributed by atoms with Gasteiger partial charge in [0.15, 0.2) is 5.58 Å². The van der Waals surface area contributed by atoms with Gasteiger partial charge in [-0.1, -0.05) is 23.7 Å². The summed E-state index contributed by atoms with van der Waals surface area (Å²) in [6.45, 7) is 0. The van der Waals surface area contributed by atoms with Gasteiger partial charge >= 0.3 is 0 Å². The molecule has 0 aliphatic heterocycles. The van der Waals surface area contributed by atoms with Gasteiger partial charge in [0.25, 0.3) is 0 Å². The zero-order valence-electron chi connectivity index (χ0n) is 12.7. The number of nitrogens with zero attached hydrogens (tertiary/aromatic N) is 2. The first kappa shape index (κ1) is 15.8. The summed E-state index contributed by atoms with van der Waals surface area (Å²) in [5.41, 5.74) is 1.11. The largest absolute Gasteiger partial charge is 0.356 e. The van der Waals surface area contributed by atoms with Crippen molar-refractivity contribution >= 4 is 32.8 Å². The molecule has 0 saturated heterocycles. The minimum atomic E-state index is -3.40. The third-order valence-corrected chi connectivity index (χ3v) is 7.34. The van der Waals surface area contributed by atoms with Crippen LogP contribution in [0.5, 0.6) is 0 Å². The van der Waals surface area contributed by atoms with Gasteiger partial charge in [0.1, 0.15) is 11.4 Å². The summed E-state index contributed by atoms with van der Waals surface area (Å²) in [5, 5.41) is 5.10. The summed E-state index contributed by atoms with van der Waals surface area (Å²) in [5.74, 6) is -0.113. The molecule has 3 rings (SSSR count). The highest BCUT2D eigenvalue weighted by Crippen LogP contribution is 2.33. The number of benzene rings is 1. The highest BCUT2D eigenvalue weighted by Gasteiger charge is 2.36. The van der Waals surface area contributed by atoms with E-state index >= 15 is 0 Å². The average Bonchev–Trinajstić information content (AvgIpc) is 3.13. The minimum Gasteiger partial charge on any atom is -0.356 e. The van der Waals surface area contributed by atoms with Crippen LogP contribution in [-0.2, 0) is 15.8 Å². The monoisotopic (exact) mass is 340 g/mol. The fraction of sp³-hybridized carbons (Fsp3) is 0.533. The molecule has 1 fully saturated rings.